The van der Waals surface area contributed by atoms with Crippen LogP contribution in [-0.4, -0.2) is 35.9 Å². The molecule has 1 atom stereocenters. The van der Waals surface area contributed by atoms with E-state index in [9.17, 15) is 13.2 Å². The van der Waals surface area contributed by atoms with Gasteiger partial charge in [-0.3, -0.25) is 9.52 Å². The quantitative estimate of drug-likeness (QED) is 0.438. The van der Waals surface area contributed by atoms with Crippen LogP contribution in [-0.2, 0) is 10.0 Å². The third kappa shape index (κ3) is 5.34. The number of ketones is 1. The fraction of sp³-hybridized carbons (Fsp3) is 0.167. The lowest BCUT2D eigenvalue weighted by atomic mass is 10.1. The van der Waals surface area contributed by atoms with Crippen molar-refractivity contribution in [1.82, 2.24) is 10.2 Å². The highest BCUT2D eigenvalue weighted by atomic mass is 35.5. The van der Waals surface area contributed by atoms with E-state index in [1.54, 1.807) is 43.3 Å². The van der Waals surface area contributed by atoms with Gasteiger partial charge in [0.05, 0.1) is 11.5 Å². The summed E-state index contributed by atoms with van der Waals surface area (Å²) in [7, 11) is -3.36. The van der Waals surface area contributed by atoms with E-state index in [-0.39, 0.29) is 11.0 Å². The molecule has 146 valence electrons. The maximum Gasteiger partial charge on any atom is 0.277 e. The maximum absolute atomic E-state index is 12.6. The summed E-state index contributed by atoms with van der Waals surface area (Å²) in [5, 5.41) is 8.38. The SMILES string of the molecule is CC(Sc1nnc(-c2ccc(Cl)cc2)o1)C(=O)c1ccc(NS(C)(=O)=O)cc1. The minimum absolute atomic E-state index is 0.137. The Balaban J connectivity index is 1.66. The standard InChI is InChI=1S/C18H16ClN3O4S2/c1-11(16(23)12-5-9-15(10-6-12)22-28(2,24)25)27-18-21-20-17(26-18)13-3-7-14(19)8-4-13/h3-11,22H,1-2H3. The molecule has 0 aliphatic rings. The van der Waals surface area contributed by atoms with Crippen molar-refractivity contribution in [3.8, 4) is 11.5 Å². The van der Waals surface area contributed by atoms with Crippen molar-refractivity contribution in [2.75, 3.05) is 11.0 Å². The van der Waals surface area contributed by atoms with Gasteiger partial charge in [-0.25, -0.2) is 8.42 Å². The highest BCUT2D eigenvalue weighted by Gasteiger charge is 2.20. The normalized spacial score (nSPS) is 12.5. The molecular formula is C18H16ClN3O4S2. The molecule has 0 radical (unpaired) electrons. The summed E-state index contributed by atoms with van der Waals surface area (Å²) in [4.78, 5) is 12.6. The fourth-order valence-electron chi connectivity index (χ4n) is 2.32. The van der Waals surface area contributed by atoms with Gasteiger partial charge in [0.25, 0.3) is 5.22 Å². The minimum Gasteiger partial charge on any atom is -0.411 e. The number of carbonyl (C=O) groups excluding carboxylic acids is 1. The van der Waals surface area contributed by atoms with Gasteiger partial charge in [0.2, 0.25) is 15.9 Å². The van der Waals surface area contributed by atoms with Gasteiger partial charge in [0.15, 0.2) is 5.78 Å². The first-order chi connectivity index (χ1) is 13.2. The molecule has 2 aromatic carbocycles. The number of halogens is 1. The second kappa shape index (κ2) is 8.34. The average molecular weight is 438 g/mol. The number of aromatic nitrogens is 2. The number of nitrogens with one attached hydrogen (secondary N) is 1. The van der Waals surface area contributed by atoms with Crippen LogP contribution in [0.2, 0.25) is 5.02 Å². The predicted molar refractivity (Wildman–Crippen MR) is 109 cm³/mol. The summed E-state index contributed by atoms with van der Waals surface area (Å²) in [6.45, 7) is 1.74. The molecule has 1 unspecified atom stereocenters. The first-order valence-electron chi connectivity index (χ1n) is 8.09. The largest absolute Gasteiger partial charge is 0.411 e. The van der Waals surface area contributed by atoms with Crippen molar-refractivity contribution in [2.45, 2.75) is 17.4 Å². The second-order valence-corrected chi connectivity index (χ2v) is 9.43. The topological polar surface area (TPSA) is 102 Å². The molecule has 7 nitrogen and oxygen atoms in total. The first-order valence-corrected chi connectivity index (χ1v) is 11.2. The summed E-state index contributed by atoms with van der Waals surface area (Å²) in [6, 6.07) is 13.2. The number of anilines is 1. The number of Topliss-reactive ketones (excluding diaryl/α,β-unsaturated/α-hetero) is 1. The zero-order valence-corrected chi connectivity index (χ0v) is 17.3. The van der Waals surface area contributed by atoms with Gasteiger partial charge in [0, 0.05) is 21.8 Å². The Bertz CT molecular complexity index is 1080. The second-order valence-electron chi connectivity index (χ2n) is 5.96. The zero-order valence-electron chi connectivity index (χ0n) is 14.9. The number of nitrogens with zero attached hydrogens (tertiary/aromatic N) is 2. The van der Waals surface area contributed by atoms with E-state index in [1.807, 2.05) is 0 Å². The van der Waals surface area contributed by atoms with Gasteiger partial charge in [-0.05, 0) is 55.5 Å². The van der Waals surface area contributed by atoms with Crippen molar-refractivity contribution in [3.05, 3.63) is 59.1 Å². The van der Waals surface area contributed by atoms with Crippen LogP contribution in [0.15, 0.2) is 58.2 Å². The molecule has 0 spiro atoms. The fourth-order valence-corrected chi connectivity index (χ4v) is 3.77. The Morgan fingerprint density at radius 3 is 2.36 bits per heavy atom. The molecule has 0 aliphatic carbocycles. The van der Waals surface area contributed by atoms with Crippen LogP contribution >= 0.6 is 23.4 Å². The molecule has 0 aliphatic heterocycles. The van der Waals surface area contributed by atoms with Crippen molar-refractivity contribution < 1.29 is 17.6 Å². The minimum atomic E-state index is -3.36. The van der Waals surface area contributed by atoms with Crippen molar-refractivity contribution in [3.63, 3.8) is 0 Å². The van der Waals surface area contributed by atoms with E-state index in [2.05, 4.69) is 14.9 Å². The van der Waals surface area contributed by atoms with E-state index in [4.69, 9.17) is 16.0 Å². The Kier molecular flexibility index (Phi) is 6.07. The van der Waals surface area contributed by atoms with Gasteiger partial charge in [-0.2, -0.15) is 0 Å². The van der Waals surface area contributed by atoms with E-state index in [0.29, 0.717) is 22.2 Å². The third-order valence-electron chi connectivity index (χ3n) is 3.62. The highest BCUT2D eigenvalue weighted by Crippen LogP contribution is 2.28. The number of rotatable bonds is 7. The van der Waals surface area contributed by atoms with Crippen molar-refractivity contribution in [1.29, 1.82) is 0 Å². The van der Waals surface area contributed by atoms with Crippen molar-refractivity contribution in [2.24, 2.45) is 0 Å². The molecule has 10 heteroatoms. The third-order valence-corrected chi connectivity index (χ3v) is 5.41. The molecule has 0 saturated carbocycles. The van der Waals surface area contributed by atoms with Gasteiger partial charge in [-0.1, -0.05) is 23.4 Å². The molecule has 0 bridgehead atoms. The van der Waals surface area contributed by atoms with Gasteiger partial charge in [0.1, 0.15) is 0 Å². The van der Waals surface area contributed by atoms with Crippen LogP contribution < -0.4 is 4.72 Å². The number of hydrogen-bond acceptors (Lipinski definition) is 7. The molecule has 0 amide bonds. The summed E-state index contributed by atoms with van der Waals surface area (Å²) in [5.74, 6) is 0.206. The molecule has 3 rings (SSSR count). The van der Waals surface area contributed by atoms with Crippen LogP contribution in [0.25, 0.3) is 11.5 Å². The maximum atomic E-state index is 12.6. The summed E-state index contributed by atoms with van der Waals surface area (Å²) in [6.07, 6.45) is 1.06. The Morgan fingerprint density at radius 1 is 1.11 bits per heavy atom. The van der Waals surface area contributed by atoms with Gasteiger partial charge < -0.3 is 4.42 Å². The lowest BCUT2D eigenvalue weighted by molar-refractivity contribution is 0.0993. The number of benzene rings is 2. The van der Waals surface area contributed by atoms with Crippen LogP contribution in [0, 0.1) is 0 Å². The lowest BCUT2D eigenvalue weighted by Gasteiger charge is -2.09. The van der Waals surface area contributed by atoms with E-state index < -0.39 is 15.3 Å². The zero-order chi connectivity index (χ0) is 20.3. The number of thioether (sulfide) groups is 1. The average Bonchev–Trinajstić information content (AvgIpc) is 3.09. The first kappa shape index (κ1) is 20.4. The summed E-state index contributed by atoms with van der Waals surface area (Å²) in [5.41, 5.74) is 1.58. The number of hydrogen-bond donors (Lipinski definition) is 1. The van der Waals surface area contributed by atoms with Crippen molar-refractivity contribution >= 4 is 44.9 Å². The van der Waals surface area contributed by atoms with Gasteiger partial charge >= 0.3 is 0 Å². The molecular weight excluding hydrogens is 422 g/mol. The summed E-state index contributed by atoms with van der Waals surface area (Å²) < 4.78 is 30.4. The van der Waals surface area contributed by atoms with E-state index in [0.717, 1.165) is 23.6 Å². The molecule has 1 aromatic heterocycles. The molecule has 28 heavy (non-hydrogen) atoms. The molecule has 1 heterocycles. The van der Waals surface area contributed by atoms with Crippen LogP contribution in [0.5, 0.6) is 0 Å². The Labute approximate surface area is 171 Å². The monoisotopic (exact) mass is 437 g/mol. The molecule has 0 saturated heterocycles. The number of carbonyl (C=O) groups is 1. The Hall–Kier alpha value is -2.36. The van der Waals surface area contributed by atoms with E-state index >= 15 is 0 Å². The predicted octanol–water partition coefficient (Wildman–Crippen LogP) is 4.13. The molecule has 0 fully saturated rings. The summed E-state index contributed by atoms with van der Waals surface area (Å²) >= 11 is 7.02. The van der Waals surface area contributed by atoms with E-state index in [1.165, 1.54) is 12.1 Å². The number of sulfonamides is 1. The lowest BCUT2D eigenvalue weighted by Crippen LogP contribution is -2.14. The van der Waals surface area contributed by atoms with Crippen LogP contribution in [0.1, 0.15) is 17.3 Å². The molecule has 3 aromatic rings. The Morgan fingerprint density at radius 2 is 1.75 bits per heavy atom. The molecule has 1 N–H and O–H groups in total. The van der Waals surface area contributed by atoms with Crippen LogP contribution in [0.4, 0.5) is 5.69 Å². The smallest absolute Gasteiger partial charge is 0.277 e. The highest BCUT2D eigenvalue weighted by molar-refractivity contribution is 8.00. The van der Waals surface area contributed by atoms with Crippen LogP contribution in [0.3, 0.4) is 0 Å². The van der Waals surface area contributed by atoms with Gasteiger partial charge in [-0.15, -0.1) is 10.2 Å².